The molecule has 0 aliphatic rings. The normalized spacial score (nSPS) is 10.9. The van der Waals surface area contributed by atoms with E-state index in [4.69, 9.17) is 0 Å². The quantitative estimate of drug-likeness (QED) is 0.796. The van der Waals surface area contributed by atoms with Gasteiger partial charge < -0.3 is 5.11 Å². The second kappa shape index (κ2) is 6.09. The maximum atomic E-state index is 10.3. The Labute approximate surface area is 106 Å². The predicted molar refractivity (Wildman–Crippen MR) is 74.9 cm³/mol. The smallest absolute Gasteiger partial charge is 0.122 e. The minimum Gasteiger partial charge on any atom is -0.507 e. The van der Waals surface area contributed by atoms with Crippen molar-refractivity contribution in [1.29, 1.82) is 0 Å². The highest BCUT2D eigenvalue weighted by Crippen LogP contribution is 2.34. The topological polar surface area (TPSA) is 20.2 Å². The number of phenolic OH excluding ortho intramolecular Hbond substituents is 1. The van der Waals surface area contributed by atoms with Crippen molar-refractivity contribution in [2.75, 3.05) is 0 Å². The van der Waals surface area contributed by atoms with E-state index >= 15 is 0 Å². The van der Waals surface area contributed by atoms with E-state index in [0.29, 0.717) is 5.75 Å². The molecule has 0 aliphatic carbocycles. The molecule has 0 saturated carbocycles. The molecule has 96 valence electrons. The van der Waals surface area contributed by atoms with Crippen molar-refractivity contribution in [2.24, 2.45) is 0 Å². The van der Waals surface area contributed by atoms with Gasteiger partial charge in [0.05, 0.1) is 0 Å². The molecular weight excluding hydrogens is 208 g/mol. The maximum Gasteiger partial charge on any atom is 0.122 e. The summed E-state index contributed by atoms with van der Waals surface area (Å²) in [7, 11) is 0. The van der Waals surface area contributed by atoms with Crippen LogP contribution in [0.3, 0.4) is 0 Å². The third-order valence-electron chi connectivity index (χ3n) is 3.74. The third-order valence-corrected chi connectivity index (χ3v) is 3.74. The molecule has 0 atom stereocenters. The van der Waals surface area contributed by atoms with Gasteiger partial charge in [0.15, 0.2) is 0 Å². The van der Waals surface area contributed by atoms with Gasteiger partial charge in [-0.2, -0.15) is 0 Å². The highest BCUT2D eigenvalue weighted by molar-refractivity contribution is 5.54. The molecule has 0 unspecified atom stereocenters. The molecule has 1 N–H and O–H groups in total. The van der Waals surface area contributed by atoms with Gasteiger partial charge in [-0.3, -0.25) is 0 Å². The van der Waals surface area contributed by atoms with Gasteiger partial charge in [-0.25, -0.2) is 0 Å². The average molecular weight is 234 g/mol. The molecule has 0 fully saturated rings. The van der Waals surface area contributed by atoms with Gasteiger partial charge in [-0.1, -0.05) is 33.6 Å². The Hall–Kier alpha value is -0.980. The highest BCUT2D eigenvalue weighted by Gasteiger charge is 2.16. The minimum absolute atomic E-state index is 0.535. The summed E-state index contributed by atoms with van der Waals surface area (Å²) in [5.41, 5.74) is 6.45. The lowest BCUT2D eigenvalue weighted by atomic mass is 9.86. The molecule has 0 aromatic heterocycles. The molecule has 1 heteroatoms. The molecule has 1 aromatic rings. The van der Waals surface area contributed by atoms with E-state index in [9.17, 15) is 5.11 Å². The van der Waals surface area contributed by atoms with Crippen LogP contribution in [-0.2, 0) is 19.3 Å². The standard InChI is InChI=1S/C16H26O/c1-6-9-14-11(4)12(5)16(17)13(8-3)15(14)10-7-2/h17H,6-10H2,1-5H3. The summed E-state index contributed by atoms with van der Waals surface area (Å²) in [5, 5.41) is 10.3. The highest BCUT2D eigenvalue weighted by atomic mass is 16.3. The predicted octanol–water partition coefficient (Wildman–Crippen LogP) is 4.48. The lowest BCUT2D eigenvalue weighted by Gasteiger charge is -2.20. The fraction of sp³-hybridized carbons (Fsp3) is 0.625. The molecule has 1 rings (SSSR count). The van der Waals surface area contributed by atoms with Crippen molar-refractivity contribution in [1.82, 2.24) is 0 Å². The van der Waals surface area contributed by atoms with Gasteiger partial charge in [0.25, 0.3) is 0 Å². The van der Waals surface area contributed by atoms with Crippen LogP contribution in [0.5, 0.6) is 5.75 Å². The molecule has 0 saturated heterocycles. The van der Waals surface area contributed by atoms with Gasteiger partial charge in [0, 0.05) is 0 Å². The van der Waals surface area contributed by atoms with E-state index in [1.54, 1.807) is 0 Å². The molecular formula is C16H26O. The number of benzene rings is 1. The molecule has 0 aliphatic heterocycles. The summed E-state index contributed by atoms with van der Waals surface area (Å²) in [6.07, 6.45) is 5.47. The van der Waals surface area contributed by atoms with Gasteiger partial charge in [-0.15, -0.1) is 0 Å². The maximum absolute atomic E-state index is 10.3. The lowest BCUT2D eigenvalue weighted by Crippen LogP contribution is -2.05. The largest absolute Gasteiger partial charge is 0.507 e. The lowest BCUT2D eigenvalue weighted by molar-refractivity contribution is 0.462. The van der Waals surface area contributed by atoms with Crippen LogP contribution >= 0.6 is 0 Å². The first kappa shape index (κ1) is 14.1. The first-order valence-electron chi connectivity index (χ1n) is 6.91. The summed E-state index contributed by atoms with van der Waals surface area (Å²) in [5.74, 6) is 0.535. The van der Waals surface area contributed by atoms with Crippen molar-refractivity contribution in [2.45, 2.75) is 66.7 Å². The van der Waals surface area contributed by atoms with Crippen molar-refractivity contribution < 1.29 is 5.11 Å². The van der Waals surface area contributed by atoms with Crippen LogP contribution in [0, 0.1) is 13.8 Å². The van der Waals surface area contributed by atoms with Crippen LogP contribution in [-0.4, -0.2) is 5.11 Å². The van der Waals surface area contributed by atoms with E-state index in [0.717, 1.165) is 31.2 Å². The summed E-state index contributed by atoms with van der Waals surface area (Å²) >= 11 is 0. The van der Waals surface area contributed by atoms with E-state index < -0.39 is 0 Å². The van der Waals surface area contributed by atoms with E-state index in [1.807, 2.05) is 6.92 Å². The first-order valence-corrected chi connectivity index (χ1v) is 6.91. The Bertz CT molecular complexity index is 391. The molecule has 17 heavy (non-hydrogen) atoms. The fourth-order valence-corrected chi connectivity index (χ4v) is 2.70. The van der Waals surface area contributed by atoms with Crippen LogP contribution in [0.15, 0.2) is 0 Å². The second-order valence-corrected chi connectivity index (χ2v) is 4.89. The van der Waals surface area contributed by atoms with Gasteiger partial charge in [0.2, 0.25) is 0 Å². The van der Waals surface area contributed by atoms with Crippen LogP contribution in [0.2, 0.25) is 0 Å². The third kappa shape index (κ3) is 2.65. The summed E-state index contributed by atoms with van der Waals surface area (Å²) < 4.78 is 0. The zero-order chi connectivity index (χ0) is 13.0. The zero-order valence-electron chi connectivity index (χ0n) is 12.0. The molecule has 1 nitrogen and oxygen atoms in total. The molecule has 0 heterocycles. The number of hydrogen-bond donors (Lipinski definition) is 1. The van der Waals surface area contributed by atoms with Crippen LogP contribution in [0.1, 0.15) is 61.4 Å². The number of hydrogen-bond acceptors (Lipinski definition) is 1. The van der Waals surface area contributed by atoms with Gasteiger partial charge >= 0.3 is 0 Å². The molecule has 0 spiro atoms. The van der Waals surface area contributed by atoms with Gasteiger partial charge in [-0.05, 0) is 60.9 Å². The number of rotatable bonds is 5. The Balaban J connectivity index is 3.48. The number of phenols is 1. The molecule has 0 amide bonds. The van der Waals surface area contributed by atoms with E-state index in [-0.39, 0.29) is 0 Å². The van der Waals surface area contributed by atoms with Gasteiger partial charge in [0.1, 0.15) is 5.75 Å². The molecule has 0 radical (unpaired) electrons. The molecule has 1 aromatic carbocycles. The second-order valence-electron chi connectivity index (χ2n) is 4.89. The Morgan fingerprint density at radius 3 is 1.76 bits per heavy atom. The first-order chi connectivity index (χ1) is 8.08. The van der Waals surface area contributed by atoms with Crippen LogP contribution in [0.4, 0.5) is 0 Å². The summed E-state index contributed by atoms with van der Waals surface area (Å²) in [4.78, 5) is 0. The monoisotopic (exact) mass is 234 g/mol. The van der Waals surface area contributed by atoms with Crippen molar-refractivity contribution in [3.8, 4) is 5.75 Å². The zero-order valence-corrected chi connectivity index (χ0v) is 12.0. The summed E-state index contributed by atoms with van der Waals surface area (Å²) in [6, 6.07) is 0. The Morgan fingerprint density at radius 1 is 0.765 bits per heavy atom. The Kier molecular flexibility index (Phi) is 5.04. The van der Waals surface area contributed by atoms with E-state index in [1.165, 1.54) is 28.7 Å². The van der Waals surface area contributed by atoms with Crippen molar-refractivity contribution in [3.63, 3.8) is 0 Å². The number of aromatic hydroxyl groups is 1. The van der Waals surface area contributed by atoms with E-state index in [2.05, 4.69) is 27.7 Å². The van der Waals surface area contributed by atoms with Crippen molar-refractivity contribution >= 4 is 0 Å². The SMILES string of the molecule is CCCc1c(C)c(C)c(O)c(CC)c1CCC. The average Bonchev–Trinajstić information content (AvgIpc) is 2.32. The molecule has 0 bridgehead atoms. The van der Waals surface area contributed by atoms with Crippen LogP contribution in [0.25, 0.3) is 0 Å². The van der Waals surface area contributed by atoms with Crippen LogP contribution < -0.4 is 0 Å². The van der Waals surface area contributed by atoms with Crippen molar-refractivity contribution in [3.05, 3.63) is 27.8 Å². The minimum atomic E-state index is 0.535. The fourth-order valence-electron chi connectivity index (χ4n) is 2.70. The summed E-state index contributed by atoms with van der Waals surface area (Å²) in [6.45, 7) is 10.8. The Morgan fingerprint density at radius 2 is 1.29 bits per heavy atom.